The second-order valence-electron chi connectivity index (χ2n) is 14.6. The summed E-state index contributed by atoms with van der Waals surface area (Å²) in [4.78, 5) is 0. The molecular weight excluding hydrogens is 553 g/mol. The van der Waals surface area contributed by atoms with Crippen LogP contribution in [-0.4, -0.2) is 48.3 Å². The molecule has 1 saturated heterocycles. The SMILES string of the molecule is C=C1/C(=C\COC2CCCCO2)CC(O[Si](c2ccccc2)(c2ccccc2)C(C)(C)C)CC1O[Si](C)(C)C(C)(C)C. The minimum Gasteiger partial charge on any atom is -0.410 e. The average Bonchev–Trinajstić information content (AvgIpc) is 2.94. The first-order chi connectivity index (χ1) is 19.7. The van der Waals surface area contributed by atoms with Crippen LogP contribution in [0.4, 0.5) is 0 Å². The number of ether oxygens (including phenoxy) is 2. The van der Waals surface area contributed by atoms with Gasteiger partial charge in [0.2, 0.25) is 0 Å². The largest absolute Gasteiger partial charge is 0.410 e. The Labute approximate surface area is 257 Å². The highest BCUT2D eigenvalue weighted by Gasteiger charge is 2.52. The van der Waals surface area contributed by atoms with Gasteiger partial charge in [0.15, 0.2) is 14.6 Å². The lowest BCUT2D eigenvalue weighted by Gasteiger charge is -2.48. The number of benzene rings is 2. The summed E-state index contributed by atoms with van der Waals surface area (Å²) in [5.41, 5.74) is 2.28. The van der Waals surface area contributed by atoms with Crippen LogP contribution in [0.15, 0.2) is 84.5 Å². The highest BCUT2D eigenvalue weighted by molar-refractivity contribution is 6.99. The van der Waals surface area contributed by atoms with E-state index in [1.807, 2.05) is 0 Å². The van der Waals surface area contributed by atoms with Crippen LogP contribution in [0.2, 0.25) is 23.2 Å². The number of rotatable bonds is 9. The summed E-state index contributed by atoms with van der Waals surface area (Å²) in [6, 6.07) is 21.9. The Hall–Kier alpha value is -1.81. The zero-order valence-corrected chi connectivity index (χ0v) is 29.4. The maximum atomic E-state index is 7.65. The van der Waals surface area contributed by atoms with Crippen LogP contribution in [0.3, 0.4) is 0 Å². The van der Waals surface area contributed by atoms with E-state index in [1.165, 1.54) is 15.9 Å². The Morgan fingerprint density at radius 2 is 1.45 bits per heavy atom. The molecule has 1 saturated carbocycles. The van der Waals surface area contributed by atoms with Crippen LogP contribution in [0.25, 0.3) is 0 Å². The molecule has 2 aromatic rings. The van der Waals surface area contributed by atoms with Crippen molar-refractivity contribution in [3.05, 3.63) is 84.5 Å². The minimum atomic E-state index is -2.72. The summed E-state index contributed by atoms with van der Waals surface area (Å²) in [6.45, 7) is 24.5. The van der Waals surface area contributed by atoms with Gasteiger partial charge in [0.25, 0.3) is 8.32 Å². The molecule has 0 radical (unpaired) electrons. The fourth-order valence-electron chi connectivity index (χ4n) is 6.04. The Bertz CT molecular complexity index is 1150. The lowest BCUT2D eigenvalue weighted by atomic mass is 9.86. The lowest BCUT2D eigenvalue weighted by molar-refractivity contribution is -0.155. The molecule has 0 N–H and O–H groups in total. The van der Waals surface area contributed by atoms with E-state index in [9.17, 15) is 0 Å². The number of hydrogen-bond acceptors (Lipinski definition) is 4. The summed E-state index contributed by atoms with van der Waals surface area (Å²) >= 11 is 0. The van der Waals surface area contributed by atoms with Gasteiger partial charge in [-0.1, -0.05) is 115 Å². The van der Waals surface area contributed by atoms with Gasteiger partial charge in [-0.25, -0.2) is 0 Å². The quantitative estimate of drug-likeness (QED) is 0.270. The van der Waals surface area contributed by atoms with Crippen molar-refractivity contribution in [3.63, 3.8) is 0 Å². The molecule has 0 amide bonds. The molecule has 3 atom stereocenters. The molecule has 1 heterocycles. The van der Waals surface area contributed by atoms with Gasteiger partial charge in [0.05, 0.1) is 18.8 Å². The predicted molar refractivity (Wildman–Crippen MR) is 181 cm³/mol. The molecule has 0 bridgehead atoms. The first kappa shape index (κ1) is 33.1. The summed E-state index contributed by atoms with van der Waals surface area (Å²) in [6.07, 6.45) is 6.85. The zero-order chi connectivity index (χ0) is 30.6. The maximum absolute atomic E-state index is 7.65. The van der Waals surface area contributed by atoms with Crippen molar-refractivity contribution >= 4 is 27.0 Å². The fourth-order valence-corrected chi connectivity index (χ4v) is 12.0. The molecule has 3 unspecified atom stereocenters. The van der Waals surface area contributed by atoms with E-state index in [-0.39, 0.29) is 28.6 Å². The van der Waals surface area contributed by atoms with Crippen LogP contribution >= 0.6 is 0 Å². The summed E-state index contributed by atoms with van der Waals surface area (Å²) in [5, 5.41) is 2.62. The lowest BCUT2D eigenvalue weighted by Crippen LogP contribution is -2.68. The second kappa shape index (κ2) is 13.5. The highest BCUT2D eigenvalue weighted by atomic mass is 28.4. The molecule has 2 fully saturated rings. The Kier molecular flexibility index (Phi) is 10.6. The van der Waals surface area contributed by atoms with Crippen LogP contribution in [0, 0.1) is 0 Å². The zero-order valence-electron chi connectivity index (χ0n) is 27.4. The molecule has 0 spiro atoms. The van der Waals surface area contributed by atoms with Gasteiger partial charge in [-0.05, 0) is 70.4 Å². The van der Waals surface area contributed by atoms with E-state index in [2.05, 4.69) is 128 Å². The second-order valence-corrected chi connectivity index (χ2v) is 23.6. The van der Waals surface area contributed by atoms with Crippen molar-refractivity contribution in [1.29, 1.82) is 0 Å². The van der Waals surface area contributed by atoms with Crippen molar-refractivity contribution < 1.29 is 18.3 Å². The molecule has 42 heavy (non-hydrogen) atoms. The summed E-state index contributed by atoms with van der Waals surface area (Å²) < 4.78 is 26.7. The van der Waals surface area contributed by atoms with Crippen LogP contribution in [0.5, 0.6) is 0 Å². The molecule has 1 aliphatic carbocycles. The Morgan fingerprint density at radius 1 is 0.857 bits per heavy atom. The van der Waals surface area contributed by atoms with Crippen molar-refractivity contribution in [2.75, 3.05) is 13.2 Å². The third kappa shape index (κ3) is 7.45. The van der Waals surface area contributed by atoms with Gasteiger partial charge < -0.3 is 18.3 Å². The minimum absolute atomic E-state index is 0.00578. The molecule has 6 heteroatoms. The van der Waals surface area contributed by atoms with E-state index in [0.717, 1.165) is 44.3 Å². The average molecular weight is 607 g/mol. The molecule has 2 aliphatic rings. The van der Waals surface area contributed by atoms with Gasteiger partial charge in [-0.3, -0.25) is 0 Å². The highest BCUT2D eigenvalue weighted by Crippen LogP contribution is 2.44. The topological polar surface area (TPSA) is 36.9 Å². The number of hydrogen-bond donors (Lipinski definition) is 0. The molecule has 2 aromatic carbocycles. The van der Waals surface area contributed by atoms with Gasteiger partial charge in [0.1, 0.15) is 0 Å². The van der Waals surface area contributed by atoms with E-state index >= 15 is 0 Å². The molecule has 4 rings (SSSR count). The Balaban J connectivity index is 1.71. The van der Waals surface area contributed by atoms with Crippen molar-refractivity contribution in [1.82, 2.24) is 0 Å². The summed E-state index contributed by atoms with van der Waals surface area (Å²) in [5.74, 6) is 0. The van der Waals surface area contributed by atoms with E-state index in [4.69, 9.17) is 18.3 Å². The molecule has 4 nitrogen and oxygen atoms in total. The monoisotopic (exact) mass is 606 g/mol. The predicted octanol–water partition coefficient (Wildman–Crippen LogP) is 8.14. The fraction of sp³-hybridized carbons (Fsp3) is 0.556. The Morgan fingerprint density at radius 3 is 1.95 bits per heavy atom. The molecule has 0 aromatic heterocycles. The van der Waals surface area contributed by atoms with Gasteiger partial charge in [-0.2, -0.15) is 0 Å². The van der Waals surface area contributed by atoms with Crippen molar-refractivity contribution in [3.8, 4) is 0 Å². The maximum Gasteiger partial charge on any atom is 0.261 e. The van der Waals surface area contributed by atoms with E-state index < -0.39 is 16.6 Å². The molecule has 1 aliphatic heterocycles. The standard InChI is InChI=1S/C36H54O4Si2/c1-28-29(23-25-38-34-22-16-17-24-37-34)26-30(27-33(28)40-41(8,9)35(2,3)4)39-42(36(5,6)7,31-18-12-10-13-19-31)32-20-14-11-15-21-32/h10-15,18-21,23,30,33-34H,1,16-17,22,24-27H2,2-9H3/b29-23-. The third-order valence-electron chi connectivity index (χ3n) is 9.48. The molecular formula is C36H54O4Si2. The van der Waals surface area contributed by atoms with Crippen LogP contribution in [0.1, 0.15) is 73.6 Å². The molecule has 230 valence electrons. The van der Waals surface area contributed by atoms with Crippen molar-refractivity contribution in [2.24, 2.45) is 0 Å². The smallest absolute Gasteiger partial charge is 0.261 e. The summed E-state index contributed by atoms with van der Waals surface area (Å²) in [7, 11) is -4.78. The first-order valence-corrected chi connectivity index (χ1v) is 20.6. The van der Waals surface area contributed by atoms with Crippen molar-refractivity contribution in [2.45, 2.75) is 115 Å². The first-order valence-electron chi connectivity index (χ1n) is 15.8. The van der Waals surface area contributed by atoms with Crippen LogP contribution < -0.4 is 10.4 Å². The normalized spacial score (nSPS) is 23.8. The van der Waals surface area contributed by atoms with Crippen LogP contribution in [-0.2, 0) is 18.3 Å². The van der Waals surface area contributed by atoms with Gasteiger partial charge >= 0.3 is 0 Å². The van der Waals surface area contributed by atoms with E-state index in [0.29, 0.717) is 6.61 Å². The third-order valence-corrected chi connectivity index (χ3v) is 19.1. The van der Waals surface area contributed by atoms with E-state index in [1.54, 1.807) is 0 Å². The van der Waals surface area contributed by atoms with Gasteiger partial charge in [0, 0.05) is 13.0 Å². The van der Waals surface area contributed by atoms with Gasteiger partial charge in [-0.15, -0.1) is 0 Å².